The lowest BCUT2D eigenvalue weighted by Gasteiger charge is -2.16. The molecule has 23 heavy (non-hydrogen) atoms. The van der Waals surface area contributed by atoms with E-state index in [2.05, 4.69) is 9.97 Å². The van der Waals surface area contributed by atoms with Crippen LogP contribution in [0.1, 0.15) is 6.92 Å². The highest BCUT2D eigenvalue weighted by molar-refractivity contribution is 5.83. The van der Waals surface area contributed by atoms with Crippen molar-refractivity contribution in [1.29, 1.82) is 0 Å². The van der Waals surface area contributed by atoms with Gasteiger partial charge >= 0.3 is 0 Å². The van der Waals surface area contributed by atoms with E-state index in [1.165, 1.54) is 6.33 Å². The Bertz CT molecular complexity index is 862. The lowest BCUT2D eigenvalue weighted by Crippen LogP contribution is -2.28. The van der Waals surface area contributed by atoms with Gasteiger partial charge in [-0.3, -0.25) is 14.3 Å². The first-order valence-corrected chi connectivity index (χ1v) is 7.28. The molecule has 0 saturated carbocycles. The first-order chi connectivity index (χ1) is 11.2. The number of benzene rings is 1. The number of ether oxygens (including phenoxy) is 2. The summed E-state index contributed by atoms with van der Waals surface area (Å²) in [7, 11) is 1.56. The first-order valence-electron chi connectivity index (χ1n) is 7.28. The topological polar surface area (TPSA) is 66.2 Å². The molecule has 0 aliphatic heterocycles. The molecule has 0 saturated heterocycles. The highest BCUT2D eigenvalue weighted by Crippen LogP contribution is 2.20. The van der Waals surface area contributed by atoms with Crippen molar-refractivity contribution in [2.45, 2.75) is 19.6 Å². The van der Waals surface area contributed by atoms with Crippen LogP contribution >= 0.6 is 0 Å². The van der Waals surface area contributed by atoms with E-state index in [1.54, 1.807) is 48.3 Å². The van der Waals surface area contributed by atoms with Crippen LogP contribution in [0, 0.1) is 0 Å². The summed E-state index contributed by atoms with van der Waals surface area (Å²) in [6, 6.07) is 8.95. The van der Waals surface area contributed by atoms with E-state index >= 15 is 0 Å². The van der Waals surface area contributed by atoms with Gasteiger partial charge < -0.3 is 9.47 Å². The van der Waals surface area contributed by atoms with Gasteiger partial charge in [-0.05, 0) is 31.2 Å². The summed E-state index contributed by atoms with van der Waals surface area (Å²) in [6.07, 6.45) is 4.66. The van der Waals surface area contributed by atoms with Gasteiger partial charge in [0, 0.05) is 6.20 Å². The van der Waals surface area contributed by atoms with E-state index in [0.717, 1.165) is 0 Å². The number of methoxy groups -OCH3 is 1. The summed E-state index contributed by atoms with van der Waals surface area (Å²) >= 11 is 0. The summed E-state index contributed by atoms with van der Waals surface area (Å²) in [5.41, 5.74) is 0.451. The quantitative estimate of drug-likeness (QED) is 0.723. The fourth-order valence-electron chi connectivity index (χ4n) is 2.42. The molecule has 0 amide bonds. The van der Waals surface area contributed by atoms with Crippen LogP contribution in [-0.4, -0.2) is 27.7 Å². The number of nitrogens with zero attached hydrogens (tertiary/aromatic N) is 3. The molecule has 0 unspecified atom stereocenters. The first kappa shape index (κ1) is 15.0. The molecule has 0 radical (unpaired) electrons. The number of hydrogen-bond acceptors (Lipinski definition) is 5. The summed E-state index contributed by atoms with van der Waals surface area (Å²) in [4.78, 5) is 20.9. The highest BCUT2D eigenvalue weighted by atomic mass is 16.5. The predicted molar refractivity (Wildman–Crippen MR) is 86.9 cm³/mol. The Kier molecular flexibility index (Phi) is 4.23. The predicted octanol–water partition coefficient (Wildman–Crippen LogP) is 2.27. The standard InChI is InChI=1S/C17H17N3O3/c1-12(23-13-5-4-8-18-9-13)10-20-11-19-16-14(17(20)21)6-3-7-15(16)22-2/h3-9,11-12H,10H2,1-2H3/t12-/m1/s1. The summed E-state index contributed by atoms with van der Waals surface area (Å²) in [6.45, 7) is 2.29. The fraction of sp³-hybridized carbons (Fsp3) is 0.235. The Morgan fingerprint density at radius 3 is 2.87 bits per heavy atom. The number of para-hydroxylation sites is 1. The van der Waals surface area contributed by atoms with Gasteiger partial charge in [0.2, 0.25) is 0 Å². The van der Waals surface area contributed by atoms with Gasteiger partial charge in [0.25, 0.3) is 5.56 Å². The Morgan fingerprint density at radius 2 is 2.13 bits per heavy atom. The average Bonchev–Trinajstić information content (AvgIpc) is 2.58. The molecule has 0 aliphatic rings. The molecule has 0 fully saturated rings. The van der Waals surface area contributed by atoms with Crippen LogP contribution in [0.15, 0.2) is 53.8 Å². The largest absolute Gasteiger partial charge is 0.494 e. The molecule has 0 aliphatic carbocycles. The van der Waals surface area contributed by atoms with Gasteiger partial charge in [-0.15, -0.1) is 0 Å². The van der Waals surface area contributed by atoms with Gasteiger partial charge in [0.05, 0.1) is 31.6 Å². The summed E-state index contributed by atoms with van der Waals surface area (Å²) < 4.78 is 12.5. The smallest absolute Gasteiger partial charge is 0.261 e. The van der Waals surface area contributed by atoms with Crippen LogP contribution in [0.4, 0.5) is 0 Å². The van der Waals surface area contributed by atoms with Crippen molar-refractivity contribution < 1.29 is 9.47 Å². The van der Waals surface area contributed by atoms with Gasteiger partial charge in [0.1, 0.15) is 23.1 Å². The number of aromatic nitrogens is 3. The van der Waals surface area contributed by atoms with Crippen molar-refractivity contribution >= 4 is 10.9 Å². The molecule has 118 valence electrons. The van der Waals surface area contributed by atoms with E-state index in [1.807, 2.05) is 13.0 Å². The highest BCUT2D eigenvalue weighted by Gasteiger charge is 2.11. The third-order valence-corrected chi connectivity index (χ3v) is 3.46. The maximum absolute atomic E-state index is 12.6. The van der Waals surface area contributed by atoms with E-state index in [4.69, 9.17) is 9.47 Å². The zero-order valence-electron chi connectivity index (χ0n) is 13.0. The van der Waals surface area contributed by atoms with E-state index in [0.29, 0.717) is 28.9 Å². The molecular weight excluding hydrogens is 294 g/mol. The molecule has 0 N–H and O–H groups in total. The second-order valence-corrected chi connectivity index (χ2v) is 5.18. The molecule has 1 aromatic carbocycles. The number of fused-ring (bicyclic) bond motifs is 1. The van der Waals surface area contributed by atoms with Gasteiger partial charge in [-0.2, -0.15) is 0 Å². The zero-order chi connectivity index (χ0) is 16.2. The average molecular weight is 311 g/mol. The third-order valence-electron chi connectivity index (χ3n) is 3.46. The number of pyridine rings is 1. The van der Waals surface area contributed by atoms with Crippen LogP contribution < -0.4 is 15.0 Å². The molecule has 6 nitrogen and oxygen atoms in total. The van der Waals surface area contributed by atoms with Gasteiger partial charge in [-0.25, -0.2) is 4.98 Å². The fourth-order valence-corrected chi connectivity index (χ4v) is 2.42. The molecule has 0 bridgehead atoms. The van der Waals surface area contributed by atoms with Gasteiger partial charge in [-0.1, -0.05) is 6.07 Å². The minimum absolute atomic E-state index is 0.115. The lowest BCUT2D eigenvalue weighted by molar-refractivity contribution is 0.197. The Morgan fingerprint density at radius 1 is 1.26 bits per heavy atom. The monoisotopic (exact) mass is 311 g/mol. The molecule has 6 heteroatoms. The van der Waals surface area contributed by atoms with E-state index < -0.39 is 0 Å². The lowest BCUT2D eigenvalue weighted by atomic mass is 10.2. The SMILES string of the molecule is COc1cccc2c(=O)n(C[C@@H](C)Oc3cccnc3)cnc12. The van der Waals surface area contributed by atoms with Gasteiger partial charge in [0.15, 0.2) is 0 Å². The van der Waals surface area contributed by atoms with Crippen molar-refractivity contribution in [1.82, 2.24) is 14.5 Å². The minimum atomic E-state index is -0.193. The molecule has 3 rings (SSSR count). The van der Waals surface area contributed by atoms with Crippen LogP contribution in [0.2, 0.25) is 0 Å². The Balaban J connectivity index is 1.86. The van der Waals surface area contributed by atoms with Crippen LogP contribution in [0.3, 0.4) is 0 Å². The second-order valence-electron chi connectivity index (χ2n) is 5.18. The summed E-state index contributed by atoms with van der Waals surface area (Å²) in [5.74, 6) is 1.26. The van der Waals surface area contributed by atoms with Crippen molar-refractivity contribution in [3.8, 4) is 11.5 Å². The van der Waals surface area contributed by atoms with E-state index in [9.17, 15) is 4.79 Å². The number of rotatable bonds is 5. The maximum atomic E-state index is 12.6. The van der Waals surface area contributed by atoms with Crippen molar-refractivity contribution in [3.63, 3.8) is 0 Å². The van der Waals surface area contributed by atoms with Crippen molar-refractivity contribution in [3.05, 3.63) is 59.4 Å². The normalized spacial score (nSPS) is 12.1. The van der Waals surface area contributed by atoms with E-state index in [-0.39, 0.29) is 11.7 Å². The third kappa shape index (κ3) is 3.15. The molecule has 3 aromatic rings. The Labute approximate surface area is 133 Å². The van der Waals surface area contributed by atoms with Crippen LogP contribution in [0.5, 0.6) is 11.5 Å². The maximum Gasteiger partial charge on any atom is 0.261 e. The molecule has 1 atom stereocenters. The van der Waals surface area contributed by atoms with Crippen molar-refractivity contribution in [2.75, 3.05) is 7.11 Å². The molecule has 2 heterocycles. The molecular formula is C17H17N3O3. The second kappa shape index (κ2) is 6.48. The molecule has 0 spiro atoms. The van der Waals surface area contributed by atoms with Crippen molar-refractivity contribution in [2.24, 2.45) is 0 Å². The zero-order valence-corrected chi connectivity index (χ0v) is 13.0. The minimum Gasteiger partial charge on any atom is -0.494 e. The van der Waals surface area contributed by atoms with Crippen LogP contribution in [-0.2, 0) is 6.54 Å². The summed E-state index contributed by atoms with van der Waals surface area (Å²) in [5, 5.41) is 0.528. The Hall–Kier alpha value is -2.89. The number of hydrogen-bond donors (Lipinski definition) is 0. The molecule has 2 aromatic heterocycles. The van der Waals surface area contributed by atoms with Crippen LogP contribution in [0.25, 0.3) is 10.9 Å².